The van der Waals surface area contributed by atoms with Crippen molar-refractivity contribution in [2.75, 3.05) is 0 Å². The molecule has 1 saturated heterocycles. The number of nitrogens with one attached hydrogen (secondary N) is 1. The second-order valence-corrected chi connectivity index (χ2v) is 5.33. The average molecular weight is 248 g/mol. The van der Waals surface area contributed by atoms with Crippen molar-refractivity contribution in [3.8, 4) is 0 Å². The van der Waals surface area contributed by atoms with Gasteiger partial charge in [-0.3, -0.25) is 9.78 Å². The molecule has 0 aromatic carbocycles. The zero-order valence-electron chi connectivity index (χ0n) is 10.2. The van der Waals surface area contributed by atoms with Gasteiger partial charge in [0.1, 0.15) is 0 Å². The van der Waals surface area contributed by atoms with E-state index in [2.05, 4.69) is 10.3 Å². The average Bonchev–Trinajstić information content (AvgIpc) is 2.82. The largest absolute Gasteiger partial charge is 0.304 e. The molecule has 0 spiro atoms. The van der Waals surface area contributed by atoms with E-state index in [4.69, 9.17) is 0 Å². The van der Waals surface area contributed by atoms with E-state index in [0.29, 0.717) is 12.0 Å². The summed E-state index contributed by atoms with van der Waals surface area (Å²) in [7, 11) is 0. The third-order valence-electron chi connectivity index (χ3n) is 4.22. The van der Waals surface area contributed by atoms with Crippen molar-refractivity contribution in [1.82, 2.24) is 10.3 Å². The normalized spacial score (nSPS) is 31.1. The second-order valence-electron chi connectivity index (χ2n) is 5.33. The molecule has 3 unspecified atom stereocenters. The Hall–Kier alpha value is -1.29. The van der Waals surface area contributed by atoms with E-state index < -0.39 is 5.82 Å². The Balaban J connectivity index is 1.76. The van der Waals surface area contributed by atoms with Crippen molar-refractivity contribution in [2.24, 2.45) is 5.92 Å². The van der Waals surface area contributed by atoms with Gasteiger partial charge in [0.05, 0.1) is 17.8 Å². The molecule has 1 N–H and O–H groups in total. The molecule has 3 rings (SSSR count). The molecule has 2 aliphatic rings. The van der Waals surface area contributed by atoms with Crippen LogP contribution in [0.2, 0.25) is 0 Å². The maximum absolute atomic E-state index is 13.6. The van der Waals surface area contributed by atoms with Gasteiger partial charge in [0.2, 0.25) is 0 Å². The topological polar surface area (TPSA) is 42.0 Å². The molecule has 1 aliphatic carbocycles. The van der Waals surface area contributed by atoms with Gasteiger partial charge >= 0.3 is 0 Å². The lowest BCUT2D eigenvalue weighted by atomic mass is 9.84. The van der Waals surface area contributed by atoms with Crippen LogP contribution in [-0.2, 0) is 0 Å². The van der Waals surface area contributed by atoms with Crippen molar-refractivity contribution >= 4 is 5.78 Å². The Labute approximate surface area is 106 Å². The summed E-state index contributed by atoms with van der Waals surface area (Å²) in [6.07, 6.45) is 8.26. The number of carbonyl (C=O) groups is 1. The van der Waals surface area contributed by atoms with Crippen LogP contribution in [0.3, 0.4) is 0 Å². The summed E-state index contributed by atoms with van der Waals surface area (Å²) in [6, 6.07) is 1.72. The molecule has 18 heavy (non-hydrogen) atoms. The van der Waals surface area contributed by atoms with Crippen molar-refractivity contribution in [1.29, 1.82) is 0 Å². The van der Waals surface area contributed by atoms with Gasteiger partial charge in [0, 0.05) is 12.2 Å². The quantitative estimate of drug-likeness (QED) is 0.817. The van der Waals surface area contributed by atoms with E-state index in [-0.39, 0.29) is 17.4 Å². The third-order valence-corrected chi connectivity index (χ3v) is 4.22. The standard InChI is InChI=1S/C14H17FN2O/c15-11-8-16-6-5-10(11)14(18)13-7-9-3-1-2-4-12(9)17-13/h5-6,8-9,12-13,17H,1-4,7H2. The van der Waals surface area contributed by atoms with Crippen LogP contribution in [0, 0.1) is 11.7 Å². The van der Waals surface area contributed by atoms with E-state index in [1.807, 2.05) is 0 Å². The van der Waals surface area contributed by atoms with Crippen molar-refractivity contribution in [3.63, 3.8) is 0 Å². The summed E-state index contributed by atoms with van der Waals surface area (Å²) in [6.45, 7) is 0. The van der Waals surface area contributed by atoms with Crippen molar-refractivity contribution in [2.45, 2.75) is 44.2 Å². The summed E-state index contributed by atoms with van der Waals surface area (Å²) in [5.41, 5.74) is 0.168. The van der Waals surface area contributed by atoms with Gasteiger partial charge in [-0.1, -0.05) is 12.8 Å². The molecule has 1 saturated carbocycles. The predicted molar refractivity (Wildman–Crippen MR) is 65.8 cm³/mol. The van der Waals surface area contributed by atoms with Gasteiger partial charge in [-0.15, -0.1) is 0 Å². The summed E-state index contributed by atoms with van der Waals surface area (Å²) < 4.78 is 13.6. The molecule has 2 fully saturated rings. The molecule has 0 amide bonds. The third kappa shape index (κ3) is 2.05. The van der Waals surface area contributed by atoms with Gasteiger partial charge in [0.25, 0.3) is 0 Å². The Morgan fingerprint density at radius 1 is 1.39 bits per heavy atom. The van der Waals surface area contributed by atoms with Crippen LogP contribution in [0.4, 0.5) is 4.39 Å². The number of hydrogen-bond donors (Lipinski definition) is 1. The number of Topliss-reactive ketones (excluding diaryl/α,β-unsaturated/α-hetero) is 1. The lowest BCUT2D eigenvalue weighted by Crippen LogP contribution is -2.37. The molecule has 0 bridgehead atoms. The predicted octanol–water partition coefficient (Wildman–Crippen LogP) is 2.32. The van der Waals surface area contributed by atoms with Crippen LogP contribution >= 0.6 is 0 Å². The van der Waals surface area contributed by atoms with Gasteiger partial charge in [-0.2, -0.15) is 0 Å². The highest BCUT2D eigenvalue weighted by atomic mass is 19.1. The zero-order chi connectivity index (χ0) is 12.5. The van der Waals surface area contributed by atoms with E-state index >= 15 is 0 Å². The number of hydrogen-bond acceptors (Lipinski definition) is 3. The molecule has 1 aliphatic heterocycles. The highest BCUT2D eigenvalue weighted by molar-refractivity contribution is 6.00. The molecule has 2 heterocycles. The first-order valence-electron chi connectivity index (χ1n) is 6.65. The van der Waals surface area contributed by atoms with Crippen LogP contribution in [0.15, 0.2) is 18.5 Å². The van der Waals surface area contributed by atoms with Gasteiger partial charge in [0.15, 0.2) is 11.6 Å². The Bertz CT molecular complexity index is 449. The smallest absolute Gasteiger partial charge is 0.182 e. The van der Waals surface area contributed by atoms with Crippen LogP contribution in [0.1, 0.15) is 42.5 Å². The highest BCUT2D eigenvalue weighted by Gasteiger charge is 2.38. The number of rotatable bonds is 2. The fraction of sp³-hybridized carbons (Fsp3) is 0.571. The molecule has 1 aromatic rings. The second kappa shape index (κ2) is 4.76. The first-order chi connectivity index (χ1) is 8.75. The minimum absolute atomic E-state index is 0.121. The molecule has 96 valence electrons. The molecule has 1 aromatic heterocycles. The van der Waals surface area contributed by atoms with Crippen LogP contribution in [-0.4, -0.2) is 22.9 Å². The minimum Gasteiger partial charge on any atom is -0.304 e. The number of carbonyl (C=O) groups excluding carboxylic acids is 1. The van der Waals surface area contributed by atoms with Crippen molar-refractivity contribution < 1.29 is 9.18 Å². The lowest BCUT2D eigenvalue weighted by molar-refractivity contribution is 0.0945. The lowest BCUT2D eigenvalue weighted by Gasteiger charge is -2.24. The summed E-state index contributed by atoms with van der Waals surface area (Å²) in [5, 5.41) is 3.38. The zero-order valence-corrected chi connectivity index (χ0v) is 10.2. The SMILES string of the molecule is O=C(c1ccncc1F)C1CC2CCCCC2N1. The number of fused-ring (bicyclic) bond motifs is 1. The molecule has 3 nitrogen and oxygen atoms in total. The number of aromatic nitrogens is 1. The van der Waals surface area contributed by atoms with E-state index in [0.717, 1.165) is 19.0 Å². The first-order valence-corrected chi connectivity index (χ1v) is 6.65. The number of pyridine rings is 1. The van der Waals surface area contributed by atoms with E-state index in [9.17, 15) is 9.18 Å². The highest BCUT2D eigenvalue weighted by Crippen LogP contribution is 2.34. The Morgan fingerprint density at radius 2 is 2.22 bits per heavy atom. The van der Waals surface area contributed by atoms with Crippen LogP contribution in [0.25, 0.3) is 0 Å². The fourth-order valence-electron chi connectivity index (χ4n) is 3.28. The monoisotopic (exact) mass is 248 g/mol. The summed E-state index contributed by atoms with van der Waals surface area (Å²) in [4.78, 5) is 16.0. The van der Waals surface area contributed by atoms with Crippen LogP contribution < -0.4 is 5.32 Å². The van der Waals surface area contributed by atoms with Gasteiger partial charge in [-0.05, 0) is 31.2 Å². The Morgan fingerprint density at radius 3 is 3.00 bits per heavy atom. The fourth-order valence-corrected chi connectivity index (χ4v) is 3.28. The maximum Gasteiger partial charge on any atom is 0.182 e. The molecule has 4 heteroatoms. The molecular formula is C14H17FN2O. The first kappa shape index (κ1) is 11.8. The summed E-state index contributed by atoms with van der Waals surface area (Å²) >= 11 is 0. The molecule has 0 radical (unpaired) electrons. The van der Waals surface area contributed by atoms with E-state index in [1.54, 1.807) is 0 Å². The Kier molecular flexibility index (Phi) is 3.12. The van der Waals surface area contributed by atoms with Gasteiger partial charge in [-0.25, -0.2) is 4.39 Å². The number of ketones is 1. The number of halogens is 1. The van der Waals surface area contributed by atoms with E-state index in [1.165, 1.54) is 31.5 Å². The maximum atomic E-state index is 13.6. The number of nitrogens with zero attached hydrogens (tertiary/aromatic N) is 1. The van der Waals surface area contributed by atoms with Gasteiger partial charge < -0.3 is 5.32 Å². The molecule has 3 atom stereocenters. The minimum atomic E-state index is -0.515. The van der Waals surface area contributed by atoms with Crippen molar-refractivity contribution in [3.05, 3.63) is 29.8 Å². The van der Waals surface area contributed by atoms with Crippen LogP contribution in [0.5, 0.6) is 0 Å². The molecular weight excluding hydrogens is 231 g/mol. The summed E-state index contributed by atoms with van der Waals surface area (Å²) in [5.74, 6) is -0.0407.